The van der Waals surface area contributed by atoms with Gasteiger partial charge in [-0.15, -0.1) is 0 Å². The SMILES string of the molecule is O=C(C1=NN(c2ccccc2)/C(=C2\SC(=O)N(c3ccccc3)C2=O)S1)c1ccc2ccccc2c1. The van der Waals surface area contributed by atoms with Crippen molar-refractivity contribution in [2.24, 2.45) is 5.10 Å². The maximum Gasteiger partial charge on any atom is 0.298 e. The minimum Gasteiger partial charge on any atom is -0.286 e. The summed E-state index contributed by atoms with van der Waals surface area (Å²) in [6.07, 6.45) is 0. The standard InChI is InChI=1S/C28H17N3O3S2/c32-23(20-16-15-18-9-7-8-10-19(18)17-20)25-29-31(22-13-5-2-6-14-22)27(36-25)24-26(33)30(28(34)35-24)21-11-3-1-4-12-21/h1-17H/b27-24+. The molecule has 1 saturated heterocycles. The van der Waals surface area contributed by atoms with E-state index in [1.165, 1.54) is 0 Å². The van der Waals surface area contributed by atoms with E-state index in [4.69, 9.17) is 0 Å². The van der Waals surface area contributed by atoms with Crippen molar-refractivity contribution in [2.45, 2.75) is 0 Å². The largest absolute Gasteiger partial charge is 0.298 e. The third-order valence-corrected chi connectivity index (χ3v) is 7.85. The number of carbonyl (C=O) groups is 3. The van der Waals surface area contributed by atoms with Crippen molar-refractivity contribution < 1.29 is 14.4 Å². The van der Waals surface area contributed by atoms with Crippen molar-refractivity contribution in [1.82, 2.24) is 0 Å². The Morgan fingerprint density at radius 3 is 2.06 bits per heavy atom. The lowest BCUT2D eigenvalue weighted by Gasteiger charge is -2.16. The number of Topliss-reactive ketones (excluding diaryl/α,β-unsaturated/α-hetero) is 1. The van der Waals surface area contributed by atoms with Crippen LogP contribution in [0.2, 0.25) is 0 Å². The number of hydrogen-bond donors (Lipinski definition) is 0. The molecule has 0 saturated carbocycles. The first-order chi connectivity index (χ1) is 17.6. The number of anilines is 2. The Hall–Kier alpha value is -4.14. The van der Waals surface area contributed by atoms with Gasteiger partial charge in [0.2, 0.25) is 5.78 Å². The van der Waals surface area contributed by atoms with E-state index in [9.17, 15) is 14.4 Å². The molecule has 0 unspecified atom stereocenters. The normalized spacial score (nSPS) is 17.7. The predicted octanol–water partition coefficient (Wildman–Crippen LogP) is 6.66. The first-order valence-corrected chi connectivity index (χ1v) is 12.7. The van der Waals surface area contributed by atoms with Gasteiger partial charge in [-0.05, 0) is 64.6 Å². The predicted molar refractivity (Wildman–Crippen MR) is 146 cm³/mol. The van der Waals surface area contributed by atoms with Crippen LogP contribution in [-0.4, -0.2) is 22.0 Å². The van der Waals surface area contributed by atoms with Gasteiger partial charge in [0.05, 0.1) is 11.4 Å². The summed E-state index contributed by atoms with van der Waals surface area (Å²) in [5.41, 5.74) is 1.69. The molecule has 2 amide bonds. The maximum absolute atomic E-state index is 13.5. The molecule has 0 aromatic heterocycles. The van der Waals surface area contributed by atoms with Crippen LogP contribution in [0.1, 0.15) is 10.4 Å². The summed E-state index contributed by atoms with van der Waals surface area (Å²) < 4.78 is 0. The van der Waals surface area contributed by atoms with E-state index >= 15 is 0 Å². The lowest BCUT2D eigenvalue weighted by atomic mass is 10.0. The number of rotatable bonds is 4. The van der Waals surface area contributed by atoms with Crippen LogP contribution in [0, 0.1) is 0 Å². The number of para-hydroxylation sites is 2. The molecule has 2 aliphatic heterocycles. The van der Waals surface area contributed by atoms with Crippen LogP contribution in [0.15, 0.2) is 118 Å². The fourth-order valence-corrected chi connectivity index (χ4v) is 6.01. The molecule has 6 nitrogen and oxygen atoms in total. The molecule has 0 radical (unpaired) electrons. The molecule has 1 fully saturated rings. The van der Waals surface area contributed by atoms with Crippen LogP contribution in [0.5, 0.6) is 0 Å². The summed E-state index contributed by atoms with van der Waals surface area (Å²) in [4.78, 5) is 41.2. The first kappa shape index (κ1) is 22.3. The molecule has 0 spiro atoms. The van der Waals surface area contributed by atoms with E-state index in [1.54, 1.807) is 35.3 Å². The number of hydrazone groups is 1. The summed E-state index contributed by atoms with van der Waals surface area (Å²) in [6.45, 7) is 0. The second kappa shape index (κ2) is 9.14. The molecule has 36 heavy (non-hydrogen) atoms. The average Bonchev–Trinajstić information content (AvgIpc) is 3.49. The molecule has 0 atom stereocenters. The molecule has 4 aromatic rings. The third kappa shape index (κ3) is 3.90. The number of carbonyl (C=O) groups excluding carboxylic acids is 3. The van der Waals surface area contributed by atoms with Gasteiger partial charge in [0.25, 0.3) is 11.1 Å². The van der Waals surface area contributed by atoms with Gasteiger partial charge >= 0.3 is 0 Å². The summed E-state index contributed by atoms with van der Waals surface area (Å²) in [6, 6.07) is 31.4. The maximum atomic E-state index is 13.5. The highest BCUT2D eigenvalue weighted by atomic mass is 32.2. The second-order valence-electron chi connectivity index (χ2n) is 8.02. The Labute approximate surface area is 215 Å². The van der Waals surface area contributed by atoms with Gasteiger partial charge in [0.15, 0.2) is 5.04 Å². The molecule has 2 heterocycles. The number of fused-ring (bicyclic) bond motifs is 1. The van der Waals surface area contributed by atoms with Gasteiger partial charge < -0.3 is 0 Å². The van der Waals surface area contributed by atoms with Gasteiger partial charge in [0, 0.05) is 5.56 Å². The zero-order chi connectivity index (χ0) is 24.6. The van der Waals surface area contributed by atoms with Crippen LogP contribution in [0.4, 0.5) is 16.2 Å². The minimum absolute atomic E-state index is 0.232. The number of benzene rings is 4. The monoisotopic (exact) mass is 507 g/mol. The number of thioether (sulfide) groups is 2. The molecule has 0 aliphatic carbocycles. The van der Waals surface area contributed by atoms with Crippen molar-refractivity contribution in [3.8, 4) is 0 Å². The van der Waals surface area contributed by atoms with Crippen LogP contribution in [0.25, 0.3) is 10.8 Å². The minimum atomic E-state index is -0.436. The molecule has 0 N–H and O–H groups in total. The zero-order valence-corrected chi connectivity index (χ0v) is 20.3. The van der Waals surface area contributed by atoms with E-state index in [-0.39, 0.29) is 15.7 Å². The molecule has 8 heteroatoms. The van der Waals surface area contributed by atoms with Crippen molar-refractivity contribution in [2.75, 3.05) is 9.91 Å². The molecule has 2 aliphatic rings. The average molecular weight is 508 g/mol. The Kier molecular flexibility index (Phi) is 5.67. The highest BCUT2D eigenvalue weighted by Gasteiger charge is 2.42. The van der Waals surface area contributed by atoms with E-state index in [2.05, 4.69) is 5.10 Å². The number of amides is 2. The number of nitrogens with zero attached hydrogens (tertiary/aromatic N) is 3. The molecule has 6 rings (SSSR count). The molecule has 174 valence electrons. The second-order valence-corrected chi connectivity index (χ2v) is 9.96. The Bertz CT molecular complexity index is 1600. The highest BCUT2D eigenvalue weighted by Crippen LogP contribution is 2.45. The Balaban J connectivity index is 1.40. The van der Waals surface area contributed by atoms with Gasteiger partial charge in [-0.25, -0.2) is 9.91 Å². The van der Waals surface area contributed by atoms with Gasteiger partial charge in [-0.3, -0.25) is 14.4 Å². The summed E-state index contributed by atoms with van der Waals surface area (Å²) in [5, 5.41) is 8.45. The molecular weight excluding hydrogens is 490 g/mol. The highest BCUT2D eigenvalue weighted by molar-refractivity contribution is 8.22. The van der Waals surface area contributed by atoms with Crippen LogP contribution < -0.4 is 9.91 Å². The van der Waals surface area contributed by atoms with Crippen molar-refractivity contribution in [3.05, 3.63) is 119 Å². The third-order valence-electron chi connectivity index (χ3n) is 5.76. The fourth-order valence-electron chi connectivity index (χ4n) is 4.02. The van der Waals surface area contributed by atoms with E-state index < -0.39 is 11.1 Å². The zero-order valence-electron chi connectivity index (χ0n) is 18.7. The van der Waals surface area contributed by atoms with Crippen molar-refractivity contribution in [1.29, 1.82) is 0 Å². The Morgan fingerprint density at radius 2 is 1.33 bits per heavy atom. The van der Waals surface area contributed by atoms with Crippen molar-refractivity contribution in [3.63, 3.8) is 0 Å². The van der Waals surface area contributed by atoms with Crippen LogP contribution in [-0.2, 0) is 4.79 Å². The lowest BCUT2D eigenvalue weighted by Crippen LogP contribution is -2.28. The summed E-state index contributed by atoms with van der Waals surface area (Å²) >= 11 is 1.96. The quantitative estimate of drug-likeness (QED) is 0.227. The van der Waals surface area contributed by atoms with E-state index in [0.29, 0.717) is 22.0 Å². The molecule has 0 bridgehead atoms. The lowest BCUT2D eigenvalue weighted by molar-refractivity contribution is -0.113. The van der Waals surface area contributed by atoms with E-state index in [0.717, 1.165) is 39.2 Å². The number of imide groups is 1. The fraction of sp³-hybridized carbons (Fsp3) is 0. The van der Waals surface area contributed by atoms with E-state index in [1.807, 2.05) is 72.8 Å². The Morgan fingerprint density at radius 1 is 0.694 bits per heavy atom. The first-order valence-electron chi connectivity index (χ1n) is 11.1. The van der Waals surface area contributed by atoms with Gasteiger partial charge in [0.1, 0.15) is 9.93 Å². The molecule has 4 aromatic carbocycles. The van der Waals surface area contributed by atoms with Crippen LogP contribution >= 0.6 is 23.5 Å². The number of ketones is 1. The van der Waals surface area contributed by atoms with Crippen molar-refractivity contribution >= 4 is 67.6 Å². The molecular formula is C28H17N3O3S2. The topological polar surface area (TPSA) is 70.1 Å². The number of hydrogen-bond acceptors (Lipinski definition) is 7. The van der Waals surface area contributed by atoms with Gasteiger partial charge in [-0.1, -0.05) is 72.8 Å². The summed E-state index contributed by atoms with van der Waals surface area (Å²) in [5.74, 6) is -0.682. The summed E-state index contributed by atoms with van der Waals surface area (Å²) in [7, 11) is 0. The van der Waals surface area contributed by atoms with Gasteiger partial charge in [-0.2, -0.15) is 5.10 Å². The van der Waals surface area contributed by atoms with Crippen LogP contribution in [0.3, 0.4) is 0 Å². The smallest absolute Gasteiger partial charge is 0.286 e.